The molecule has 0 saturated heterocycles. The molecule has 4 nitrogen and oxygen atoms in total. The van der Waals surface area contributed by atoms with E-state index in [0.29, 0.717) is 0 Å². The summed E-state index contributed by atoms with van der Waals surface area (Å²) in [5, 5.41) is 14.0. The Hall–Kier alpha value is -0.980. The molecular formula is C14H26F3N3O. The Bertz CT molecular complexity index is 375. The van der Waals surface area contributed by atoms with Crippen molar-refractivity contribution in [1.29, 1.82) is 0 Å². The Morgan fingerprint density at radius 2 is 1.76 bits per heavy atom. The second kappa shape index (κ2) is 6.02. The van der Waals surface area contributed by atoms with Gasteiger partial charge in [0.05, 0.1) is 0 Å². The van der Waals surface area contributed by atoms with Crippen molar-refractivity contribution >= 4 is 5.84 Å². The number of nitrogens with zero attached hydrogens (tertiary/aromatic N) is 1. The molecule has 1 rings (SSSR count). The molecule has 21 heavy (non-hydrogen) atoms. The number of amidine groups is 1. The van der Waals surface area contributed by atoms with Crippen LogP contribution < -0.4 is 11.1 Å². The molecule has 7 heteroatoms. The van der Waals surface area contributed by atoms with Crippen LogP contribution in [-0.2, 0) is 0 Å². The van der Waals surface area contributed by atoms with Gasteiger partial charge in [-0.1, -0.05) is 32.9 Å². The van der Waals surface area contributed by atoms with Crippen LogP contribution in [0, 0.1) is 16.7 Å². The minimum atomic E-state index is -4.52. The van der Waals surface area contributed by atoms with E-state index in [0.717, 1.165) is 19.3 Å². The Balaban J connectivity index is 2.72. The number of oxime groups is 1. The molecule has 0 amide bonds. The van der Waals surface area contributed by atoms with Crippen molar-refractivity contribution in [1.82, 2.24) is 5.32 Å². The van der Waals surface area contributed by atoms with E-state index in [1.807, 2.05) is 0 Å². The maximum absolute atomic E-state index is 12.9. The second-order valence-corrected chi connectivity index (χ2v) is 7.64. The van der Waals surface area contributed by atoms with E-state index in [1.54, 1.807) is 0 Å². The number of nitrogens with one attached hydrogen (secondary N) is 1. The van der Waals surface area contributed by atoms with Crippen molar-refractivity contribution in [2.75, 3.05) is 6.54 Å². The first-order valence-corrected chi connectivity index (χ1v) is 7.14. The highest BCUT2D eigenvalue weighted by atomic mass is 19.4. The molecule has 0 bridgehead atoms. The number of nitrogens with two attached hydrogens (primary N) is 1. The quantitative estimate of drug-likeness (QED) is 0.323. The third-order valence-corrected chi connectivity index (χ3v) is 4.03. The highest BCUT2D eigenvalue weighted by Crippen LogP contribution is 2.45. The highest BCUT2D eigenvalue weighted by Gasteiger charge is 2.44. The third-order valence-electron chi connectivity index (χ3n) is 4.03. The van der Waals surface area contributed by atoms with Gasteiger partial charge in [0, 0.05) is 12.6 Å². The fourth-order valence-corrected chi connectivity index (χ4v) is 3.73. The normalized spacial score (nSPS) is 24.8. The SMILES string of the molecule is CC1(C)CC(NCC(C(N)=NO)C(F)(F)F)CC(C)(C)C1. The first-order valence-electron chi connectivity index (χ1n) is 7.14. The Labute approximate surface area is 124 Å². The van der Waals surface area contributed by atoms with Crippen molar-refractivity contribution < 1.29 is 18.4 Å². The number of halogens is 3. The summed E-state index contributed by atoms with van der Waals surface area (Å²) in [6, 6.07) is 0.0000860. The van der Waals surface area contributed by atoms with E-state index in [1.165, 1.54) is 0 Å². The molecule has 1 aliphatic carbocycles. The Morgan fingerprint density at radius 3 is 2.14 bits per heavy atom. The van der Waals surface area contributed by atoms with Gasteiger partial charge in [-0.05, 0) is 30.1 Å². The number of hydrogen-bond acceptors (Lipinski definition) is 3. The van der Waals surface area contributed by atoms with Gasteiger partial charge in [0.25, 0.3) is 0 Å². The van der Waals surface area contributed by atoms with Crippen LogP contribution in [0.25, 0.3) is 0 Å². The monoisotopic (exact) mass is 309 g/mol. The van der Waals surface area contributed by atoms with Crippen LogP contribution in [0.1, 0.15) is 47.0 Å². The minimum Gasteiger partial charge on any atom is -0.409 e. The molecule has 1 unspecified atom stereocenters. The van der Waals surface area contributed by atoms with Crippen molar-refractivity contribution in [3.05, 3.63) is 0 Å². The molecular weight excluding hydrogens is 283 g/mol. The van der Waals surface area contributed by atoms with E-state index in [9.17, 15) is 13.2 Å². The lowest BCUT2D eigenvalue weighted by Crippen LogP contribution is -2.49. The highest BCUT2D eigenvalue weighted by molar-refractivity contribution is 5.83. The molecule has 1 atom stereocenters. The predicted molar refractivity (Wildman–Crippen MR) is 76.2 cm³/mol. The molecule has 124 valence electrons. The van der Waals surface area contributed by atoms with Crippen molar-refractivity contribution in [3.63, 3.8) is 0 Å². The van der Waals surface area contributed by atoms with Crippen LogP contribution in [0.15, 0.2) is 5.16 Å². The predicted octanol–water partition coefficient (Wildman–Crippen LogP) is 3.11. The molecule has 4 N–H and O–H groups in total. The molecule has 0 aromatic rings. The number of rotatable bonds is 4. The maximum Gasteiger partial charge on any atom is 0.400 e. The molecule has 0 spiro atoms. The third kappa shape index (κ3) is 5.37. The summed E-state index contributed by atoms with van der Waals surface area (Å²) in [6.45, 7) is 8.16. The van der Waals surface area contributed by atoms with Crippen LogP contribution in [0.5, 0.6) is 0 Å². The second-order valence-electron chi connectivity index (χ2n) is 7.64. The lowest BCUT2D eigenvalue weighted by molar-refractivity contribution is -0.155. The van der Waals surface area contributed by atoms with Crippen LogP contribution in [0.4, 0.5) is 13.2 Å². The zero-order chi connectivity index (χ0) is 16.5. The smallest absolute Gasteiger partial charge is 0.400 e. The van der Waals surface area contributed by atoms with Gasteiger partial charge < -0.3 is 16.3 Å². The first-order chi connectivity index (χ1) is 9.36. The number of alkyl halides is 3. The fraction of sp³-hybridized carbons (Fsp3) is 0.929. The summed E-state index contributed by atoms with van der Waals surface area (Å²) < 4.78 is 38.7. The largest absolute Gasteiger partial charge is 0.409 e. The average molecular weight is 309 g/mol. The van der Waals surface area contributed by atoms with E-state index < -0.39 is 17.9 Å². The lowest BCUT2D eigenvalue weighted by atomic mass is 9.63. The van der Waals surface area contributed by atoms with Crippen LogP contribution in [0.3, 0.4) is 0 Å². The van der Waals surface area contributed by atoms with Gasteiger partial charge >= 0.3 is 6.18 Å². The van der Waals surface area contributed by atoms with E-state index in [2.05, 4.69) is 38.2 Å². The lowest BCUT2D eigenvalue weighted by Gasteiger charge is -2.45. The van der Waals surface area contributed by atoms with Gasteiger partial charge in [0.15, 0.2) is 5.84 Å². The molecule has 0 heterocycles. The number of hydrogen-bond donors (Lipinski definition) is 3. The molecule has 0 aromatic carbocycles. The summed E-state index contributed by atoms with van der Waals surface area (Å²) >= 11 is 0. The summed E-state index contributed by atoms with van der Waals surface area (Å²) in [7, 11) is 0. The Morgan fingerprint density at radius 1 is 1.29 bits per heavy atom. The first kappa shape index (κ1) is 18.1. The summed E-state index contributed by atoms with van der Waals surface area (Å²) in [6.07, 6.45) is -1.85. The zero-order valence-electron chi connectivity index (χ0n) is 13.1. The van der Waals surface area contributed by atoms with E-state index >= 15 is 0 Å². The van der Waals surface area contributed by atoms with E-state index in [-0.39, 0.29) is 23.4 Å². The van der Waals surface area contributed by atoms with Gasteiger partial charge in [0.1, 0.15) is 5.92 Å². The van der Waals surface area contributed by atoms with Crippen LogP contribution >= 0.6 is 0 Å². The van der Waals surface area contributed by atoms with Gasteiger partial charge in [0.2, 0.25) is 0 Å². The van der Waals surface area contributed by atoms with Gasteiger partial charge in [-0.15, -0.1) is 0 Å². The topological polar surface area (TPSA) is 70.6 Å². The van der Waals surface area contributed by atoms with Gasteiger partial charge in [-0.3, -0.25) is 0 Å². The summed E-state index contributed by atoms with van der Waals surface area (Å²) in [4.78, 5) is 0. The van der Waals surface area contributed by atoms with Crippen molar-refractivity contribution in [2.45, 2.75) is 59.2 Å². The fourth-order valence-electron chi connectivity index (χ4n) is 3.73. The molecule has 0 radical (unpaired) electrons. The maximum atomic E-state index is 12.9. The summed E-state index contributed by atoms with van der Waals surface area (Å²) in [5.41, 5.74) is 5.34. The van der Waals surface area contributed by atoms with Crippen LogP contribution in [0.2, 0.25) is 0 Å². The molecule has 1 aliphatic rings. The minimum absolute atomic E-state index is 0.0000860. The van der Waals surface area contributed by atoms with Crippen LogP contribution in [-0.4, -0.2) is 29.8 Å². The average Bonchev–Trinajstić information content (AvgIpc) is 2.22. The molecule has 1 fully saturated rings. The van der Waals surface area contributed by atoms with Crippen molar-refractivity contribution in [3.8, 4) is 0 Å². The molecule has 0 aliphatic heterocycles. The van der Waals surface area contributed by atoms with Gasteiger partial charge in [-0.25, -0.2) is 0 Å². The van der Waals surface area contributed by atoms with E-state index in [4.69, 9.17) is 10.9 Å². The van der Waals surface area contributed by atoms with Gasteiger partial charge in [-0.2, -0.15) is 13.2 Å². The standard InChI is InChI=1S/C14H26F3N3O/c1-12(2)5-9(6-13(3,4)8-12)19-7-10(11(18)20-21)14(15,16)17/h9-10,19,21H,5-8H2,1-4H3,(H2,18,20). The zero-order valence-corrected chi connectivity index (χ0v) is 13.1. The molecule has 1 saturated carbocycles. The summed E-state index contributed by atoms with van der Waals surface area (Å²) in [5.74, 6) is -2.76. The molecule has 0 aromatic heterocycles. The Kier molecular flexibility index (Phi) is 5.18. The van der Waals surface area contributed by atoms with Crippen molar-refractivity contribution in [2.24, 2.45) is 27.6 Å².